The van der Waals surface area contributed by atoms with Crippen molar-refractivity contribution < 1.29 is 23.8 Å². The molecule has 0 spiro atoms. The van der Waals surface area contributed by atoms with Gasteiger partial charge in [-0.15, -0.1) is 0 Å². The lowest BCUT2D eigenvalue weighted by atomic mass is 10.1. The van der Waals surface area contributed by atoms with Crippen molar-refractivity contribution in [2.75, 3.05) is 36.5 Å². The molecular formula is C17H15FN4O6. The molecule has 0 radical (unpaired) electrons. The molecule has 1 amide bonds. The lowest BCUT2D eigenvalue weighted by Gasteiger charge is -2.28. The highest BCUT2D eigenvalue weighted by Gasteiger charge is 2.24. The molecule has 0 bridgehead atoms. The van der Waals surface area contributed by atoms with Crippen LogP contribution in [-0.4, -0.2) is 42.1 Å². The number of benzene rings is 2. The van der Waals surface area contributed by atoms with Crippen molar-refractivity contribution in [3.63, 3.8) is 0 Å². The van der Waals surface area contributed by atoms with Gasteiger partial charge < -0.3 is 15.0 Å². The third-order valence-electron chi connectivity index (χ3n) is 4.20. The van der Waals surface area contributed by atoms with Crippen LogP contribution in [0, 0.1) is 26.0 Å². The first-order chi connectivity index (χ1) is 13.4. The number of carbonyl (C=O) groups excluding carboxylic acids is 1. The van der Waals surface area contributed by atoms with Gasteiger partial charge in [0.05, 0.1) is 28.7 Å². The summed E-state index contributed by atoms with van der Waals surface area (Å²) in [5, 5.41) is 24.5. The predicted octanol–water partition coefficient (Wildman–Crippen LogP) is 2.73. The predicted molar refractivity (Wildman–Crippen MR) is 97.1 cm³/mol. The van der Waals surface area contributed by atoms with E-state index in [0.29, 0.717) is 32.0 Å². The van der Waals surface area contributed by atoms with Crippen LogP contribution in [0.15, 0.2) is 36.4 Å². The van der Waals surface area contributed by atoms with Gasteiger partial charge >= 0.3 is 0 Å². The zero-order valence-electron chi connectivity index (χ0n) is 14.5. The molecule has 146 valence electrons. The molecule has 0 aliphatic carbocycles. The van der Waals surface area contributed by atoms with E-state index in [-0.39, 0.29) is 16.9 Å². The Labute approximate surface area is 157 Å². The normalized spacial score (nSPS) is 13.8. The molecule has 1 aliphatic heterocycles. The zero-order valence-corrected chi connectivity index (χ0v) is 14.5. The summed E-state index contributed by atoms with van der Waals surface area (Å²) in [6, 6.07) is 6.62. The fraction of sp³-hybridized carbons (Fsp3) is 0.235. The molecule has 2 aromatic rings. The number of morpholine rings is 1. The molecule has 1 saturated heterocycles. The molecule has 1 aliphatic rings. The number of carbonyl (C=O) groups is 1. The van der Waals surface area contributed by atoms with Crippen LogP contribution in [0.4, 0.5) is 27.1 Å². The first kappa shape index (κ1) is 19.2. The van der Waals surface area contributed by atoms with E-state index in [1.807, 2.05) is 0 Å². The molecule has 0 saturated carbocycles. The molecule has 1 heterocycles. The van der Waals surface area contributed by atoms with Gasteiger partial charge in [-0.1, -0.05) is 0 Å². The molecule has 1 N–H and O–H groups in total. The Hall–Kier alpha value is -3.60. The second-order valence-corrected chi connectivity index (χ2v) is 5.94. The number of nitro groups is 2. The van der Waals surface area contributed by atoms with Crippen LogP contribution in [0.2, 0.25) is 0 Å². The Morgan fingerprint density at radius 2 is 1.79 bits per heavy atom. The topological polar surface area (TPSA) is 128 Å². The number of amides is 1. The second kappa shape index (κ2) is 7.96. The summed E-state index contributed by atoms with van der Waals surface area (Å²) in [5.74, 6) is -1.69. The number of anilines is 2. The highest BCUT2D eigenvalue weighted by atomic mass is 19.1. The molecule has 3 rings (SSSR count). The molecule has 10 nitrogen and oxygen atoms in total. The van der Waals surface area contributed by atoms with E-state index in [4.69, 9.17) is 4.74 Å². The van der Waals surface area contributed by atoms with E-state index in [0.717, 1.165) is 24.3 Å². The number of rotatable bonds is 5. The van der Waals surface area contributed by atoms with Gasteiger partial charge in [0.25, 0.3) is 17.3 Å². The first-order valence-corrected chi connectivity index (χ1v) is 8.23. The summed E-state index contributed by atoms with van der Waals surface area (Å²) in [6.45, 7) is 1.83. The Kier molecular flexibility index (Phi) is 5.45. The van der Waals surface area contributed by atoms with Gasteiger partial charge in [-0.2, -0.15) is 0 Å². The van der Waals surface area contributed by atoms with Crippen LogP contribution in [0.1, 0.15) is 10.4 Å². The van der Waals surface area contributed by atoms with E-state index < -0.39 is 27.3 Å². The molecule has 0 atom stereocenters. The molecule has 0 aromatic heterocycles. The van der Waals surface area contributed by atoms with Gasteiger partial charge in [-0.3, -0.25) is 25.0 Å². The van der Waals surface area contributed by atoms with Gasteiger partial charge in [0, 0.05) is 36.9 Å². The minimum absolute atomic E-state index is 0.0744. The second-order valence-electron chi connectivity index (χ2n) is 5.94. The minimum atomic E-state index is -0.863. The monoisotopic (exact) mass is 390 g/mol. The van der Waals surface area contributed by atoms with Crippen LogP contribution >= 0.6 is 0 Å². The number of hydrogen-bond donors (Lipinski definition) is 1. The lowest BCUT2D eigenvalue weighted by molar-refractivity contribution is -0.384. The fourth-order valence-electron chi connectivity index (χ4n) is 2.80. The highest BCUT2D eigenvalue weighted by Crippen LogP contribution is 2.30. The summed E-state index contributed by atoms with van der Waals surface area (Å²) in [7, 11) is 0. The van der Waals surface area contributed by atoms with E-state index in [9.17, 15) is 29.4 Å². The largest absolute Gasteiger partial charge is 0.378 e. The average Bonchev–Trinajstić information content (AvgIpc) is 2.69. The Morgan fingerprint density at radius 3 is 2.43 bits per heavy atom. The van der Waals surface area contributed by atoms with Crippen LogP contribution in [0.5, 0.6) is 0 Å². The summed E-state index contributed by atoms with van der Waals surface area (Å²) < 4.78 is 19.1. The van der Waals surface area contributed by atoms with Gasteiger partial charge in [-0.05, 0) is 18.2 Å². The Morgan fingerprint density at radius 1 is 1.07 bits per heavy atom. The third kappa shape index (κ3) is 4.04. The number of nitrogens with one attached hydrogen (secondary N) is 1. The number of ether oxygens (including phenoxy) is 1. The molecular weight excluding hydrogens is 375 g/mol. The average molecular weight is 390 g/mol. The van der Waals surface area contributed by atoms with Gasteiger partial charge in [0.1, 0.15) is 11.5 Å². The number of halogens is 1. The quantitative estimate of drug-likeness (QED) is 0.614. The molecule has 1 fully saturated rings. The summed E-state index contributed by atoms with van der Waals surface area (Å²) in [6.07, 6.45) is 0. The van der Waals surface area contributed by atoms with Crippen LogP contribution in [0.3, 0.4) is 0 Å². The van der Waals surface area contributed by atoms with Crippen LogP contribution in [0.25, 0.3) is 0 Å². The Bertz CT molecular complexity index is 945. The van der Waals surface area contributed by atoms with Gasteiger partial charge in [0.15, 0.2) is 0 Å². The maximum absolute atomic E-state index is 13.9. The van der Waals surface area contributed by atoms with E-state index >= 15 is 0 Å². The zero-order chi connectivity index (χ0) is 20.3. The number of hydrogen-bond acceptors (Lipinski definition) is 7. The number of nitrogens with zero attached hydrogens (tertiary/aromatic N) is 3. The SMILES string of the molecule is O=C(Nc1cc([N+](=O)[O-])ccc1F)c1ccc(N2CCOCC2)c([N+](=O)[O-])c1. The van der Waals surface area contributed by atoms with Crippen molar-refractivity contribution in [1.82, 2.24) is 0 Å². The van der Waals surface area contributed by atoms with Gasteiger partial charge in [-0.25, -0.2) is 4.39 Å². The summed E-state index contributed by atoms with van der Waals surface area (Å²) >= 11 is 0. The van der Waals surface area contributed by atoms with Crippen LogP contribution < -0.4 is 10.2 Å². The van der Waals surface area contributed by atoms with Crippen molar-refractivity contribution in [2.24, 2.45) is 0 Å². The molecule has 2 aromatic carbocycles. The summed E-state index contributed by atoms with van der Waals surface area (Å²) in [4.78, 5) is 35.1. The van der Waals surface area contributed by atoms with Crippen LogP contribution in [-0.2, 0) is 4.74 Å². The van der Waals surface area contributed by atoms with E-state index in [1.54, 1.807) is 4.90 Å². The van der Waals surface area contributed by atoms with Crippen molar-refractivity contribution in [2.45, 2.75) is 0 Å². The first-order valence-electron chi connectivity index (χ1n) is 8.23. The molecule has 28 heavy (non-hydrogen) atoms. The fourth-order valence-corrected chi connectivity index (χ4v) is 2.80. The van der Waals surface area contributed by atoms with Crippen molar-refractivity contribution in [3.8, 4) is 0 Å². The Balaban J connectivity index is 1.88. The lowest BCUT2D eigenvalue weighted by Crippen LogP contribution is -2.36. The number of non-ortho nitro benzene ring substituents is 1. The van der Waals surface area contributed by atoms with E-state index in [2.05, 4.69) is 5.32 Å². The minimum Gasteiger partial charge on any atom is -0.378 e. The maximum Gasteiger partial charge on any atom is 0.293 e. The smallest absolute Gasteiger partial charge is 0.293 e. The van der Waals surface area contributed by atoms with E-state index in [1.165, 1.54) is 12.1 Å². The van der Waals surface area contributed by atoms with Crippen molar-refractivity contribution >= 4 is 28.7 Å². The highest BCUT2D eigenvalue weighted by molar-refractivity contribution is 6.05. The van der Waals surface area contributed by atoms with Gasteiger partial charge in [0.2, 0.25) is 0 Å². The number of nitro benzene ring substituents is 2. The summed E-state index contributed by atoms with van der Waals surface area (Å²) in [5.41, 5.74) is -0.778. The molecule has 0 unspecified atom stereocenters. The third-order valence-corrected chi connectivity index (χ3v) is 4.20. The van der Waals surface area contributed by atoms with Crippen molar-refractivity contribution in [1.29, 1.82) is 0 Å². The standard InChI is InChI=1S/C17H15FN4O6/c18-13-3-2-12(21(24)25)10-14(13)19-17(23)11-1-4-15(16(9-11)22(26)27)20-5-7-28-8-6-20/h1-4,9-10H,5-8H2,(H,19,23). The molecule has 11 heteroatoms. The van der Waals surface area contributed by atoms with Crippen molar-refractivity contribution in [3.05, 3.63) is 68.0 Å². The maximum atomic E-state index is 13.9.